The minimum Gasteiger partial charge on any atom is -0.378 e. The third-order valence-electron chi connectivity index (χ3n) is 3.38. The van der Waals surface area contributed by atoms with Crippen LogP contribution >= 0.6 is 15.9 Å². The van der Waals surface area contributed by atoms with E-state index < -0.39 is 0 Å². The molecule has 0 spiro atoms. The van der Waals surface area contributed by atoms with Crippen molar-refractivity contribution in [3.05, 3.63) is 22.4 Å². The van der Waals surface area contributed by atoms with E-state index in [0.29, 0.717) is 5.69 Å². The maximum atomic E-state index is 12.4. The first-order valence-electron chi connectivity index (χ1n) is 6.44. The van der Waals surface area contributed by atoms with Crippen LogP contribution in [0.15, 0.2) is 16.7 Å². The molecule has 1 fully saturated rings. The van der Waals surface area contributed by atoms with Gasteiger partial charge < -0.3 is 19.9 Å². The smallest absolute Gasteiger partial charge is 0.268 e. The van der Waals surface area contributed by atoms with Crippen LogP contribution in [-0.4, -0.2) is 42.8 Å². The number of rotatable bonds is 4. The first-order valence-corrected chi connectivity index (χ1v) is 7.24. The van der Waals surface area contributed by atoms with Crippen LogP contribution < -0.4 is 10.6 Å². The second kappa shape index (κ2) is 6.07. The molecule has 19 heavy (non-hydrogen) atoms. The van der Waals surface area contributed by atoms with Gasteiger partial charge in [-0.15, -0.1) is 0 Å². The Bertz CT molecular complexity index is 459. The van der Waals surface area contributed by atoms with Crippen molar-refractivity contribution in [2.45, 2.75) is 32.0 Å². The molecule has 0 saturated carbocycles. The van der Waals surface area contributed by atoms with Gasteiger partial charge in [0.25, 0.3) is 5.91 Å². The van der Waals surface area contributed by atoms with E-state index in [1.807, 2.05) is 16.8 Å². The number of aromatic nitrogens is 1. The van der Waals surface area contributed by atoms with E-state index >= 15 is 0 Å². The van der Waals surface area contributed by atoms with Crippen molar-refractivity contribution in [2.75, 3.05) is 20.2 Å². The summed E-state index contributed by atoms with van der Waals surface area (Å²) < 4.78 is 8.23. The summed E-state index contributed by atoms with van der Waals surface area (Å²) in [5, 5.41) is 6.25. The number of amides is 1. The van der Waals surface area contributed by atoms with Crippen LogP contribution in [0.1, 0.15) is 30.4 Å². The van der Waals surface area contributed by atoms with Crippen molar-refractivity contribution in [1.82, 2.24) is 15.2 Å². The highest BCUT2D eigenvalue weighted by Gasteiger charge is 2.29. The molecule has 1 aliphatic rings. The summed E-state index contributed by atoms with van der Waals surface area (Å²) in [4.78, 5) is 12.4. The lowest BCUT2D eigenvalue weighted by atomic mass is 10.2. The lowest BCUT2D eigenvalue weighted by molar-refractivity contribution is 0.0772. The third-order valence-corrected chi connectivity index (χ3v) is 3.82. The van der Waals surface area contributed by atoms with Crippen LogP contribution in [0.25, 0.3) is 0 Å². The van der Waals surface area contributed by atoms with Crippen LogP contribution in [-0.2, 0) is 4.74 Å². The second-order valence-corrected chi connectivity index (χ2v) is 5.97. The fraction of sp³-hybridized carbons (Fsp3) is 0.615. The third kappa shape index (κ3) is 3.19. The van der Waals surface area contributed by atoms with Crippen LogP contribution in [0.4, 0.5) is 0 Å². The summed E-state index contributed by atoms with van der Waals surface area (Å²) in [6.07, 6.45) is 1.97. The van der Waals surface area contributed by atoms with Crippen LogP contribution in [0.5, 0.6) is 0 Å². The molecule has 2 N–H and O–H groups in total. The zero-order valence-electron chi connectivity index (χ0n) is 11.4. The Hall–Kier alpha value is -0.850. The zero-order valence-corrected chi connectivity index (χ0v) is 13.0. The number of methoxy groups -OCH3 is 1. The normalized spacial score (nSPS) is 23.0. The van der Waals surface area contributed by atoms with Gasteiger partial charge in [-0.25, -0.2) is 0 Å². The lowest BCUT2D eigenvalue weighted by Crippen LogP contribution is -2.44. The molecule has 2 atom stereocenters. The van der Waals surface area contributed by atoms with E-state index in [1.54, 1.807) is 7.11 Å². The van der Waals surface area contributed by atoms with Crippen LogP contribution in [0.3, 0.4) is 0 Å². The quantitative estimate of drug-likeness (QED) is 0.881. The largest absolute Gasteiger partial charge is 0.378 e. The Morgan fingerprint density at radius 1 is 1.58 bits per heavy atom. The highest BCUT2D eigenvalue weighted by molar-refractivity contribution is 9.10. The number of carbonyl (C=O) groups excluding carboxylic acids is 1. The number of hydrogen-bond donors (Lipinski definition) is 2. The molecular weight excluding hydrogens is 310 g/mol. The van der Waals surface area contributed by atoms with Crippen LogP contribution in [0.2, 0.25) is 0 Å². The lowest BCUT2D eigenvalue weighted by Gasteiger charge is -2.19. The van der Waals surface area contributed by atoms with E-state index in [9.17, 15) is 4.79 Å². The minimum atomic E-state index is -0.0600. The van der Waals surface area contributed by atoms with Gasteiger partial charge in [0, 0.05) is 36.9 Å². The molecule has 1 aromatic heterocycles. The number of halogens is 1. The van der Waals surface area contributed by atoms with Gasteiger partial charge in [0.05, 0.1) is 12.1 Å². The fourth-order valence-electron chi connectivity index (χ4n) is 2.34. The molecule has 1 aromatic rings. The summed E-state index contributed by atoms with van der Waals surface area (Å²) in [6, 6.07) is 2.11. The number of ether oxygens (including phenoxy) is 1. The van der Waals surface area contributed by atoms with Gasteiger partial charge in [-0.2, -0.15) is 0 Å². The topological polar surface area (TPSA) is 55.3 Å². The van der Waals surface area contributed by atoms with E-state index in [-0.39, 0.29) is 24.1 Å². The molecule has 6 heteroatoms. The Morgan fingerprint density at radius 2 is 2.32 bits per heavy atom. The van der Waals surface area contributed by atoms with Gasteiger partial charge in [0.2, 0.25) is 0 Å². The minimum absolute atomic E-state index is 0.0202. The number of nitrogens with zero attached hydrogens (tertiary/aromatic N) is 1. The predicted octanol–water partition coefficient (Wildman–Crippen LogP) is 1.55. The Balaban J connectivity index is 2.11. The first kappa shape index (κ1) is 14.6. The van der Waals surface area contributed by atoms with E-state index in [2.05, 4.69) is 40.4 Å². The number of nitrogens with one attached hydrogen (secondary N) is 2. The fourth-order valence-corrected chi connectivity index (χ4v) is 2.78. The van der Waals surface area contributed by atoms with Gasteiger partial charge in [-0.3, -0.25) is 4.79 Å². The second-order valence-electron chi connectivity index (χ2n) is 5.06. The van der Waals surface area contributed by atoms with E-state index in [1.165, 1.54) is 0 Å². The van der Waals surface area contributed by atoms with Crippen molar-refractivity contribution in [3.8, 4) is 0 Å². The van der Waals surface area contributed by atoms with Crippen molar-refractivity contribution in [2.24, 2.45) is 0 Å². The monoisotopic (exact) mass is 329 g/mol. The van der Waals surface area contributed by atoms with Crippen LogP contribution in [0, 0.1) is 0 Å². The van der Waals surface area contributed by atoms with Crippen molar-refractivity contribution < 1.29 is 9.53 Å². The Kier molecular flexibility index (Phi) is 4.65. The van der Waals surface area contributed by atoms with Gasteiger partial charge in [0.1, 0.15) is 5.69 Å². The molecule has 0 radical (unpaired) electrons. The predicted molar refractivity (Wildman–Crippen MR) is 77.4 cm³/mol. The summed E-state index contributed by atoms with van der Waals surface area (Å²) in [5.74, 6) is -0.0600. The average molecular weight is 330 g/mol. The maximum absolute atomic E-state index is 12.4. The molecule has 2 rings (SSSR count). The molecule has 1 unspecified atom stereocenters. The molecule has 2 heterocycles. The Labute approximate surface area is 121 Å². The molecule has 0 aliphatic carbocycles. The molecule has 106 valence electrons. The first-order chi connectivity index (χ1) is 9.02. The van der Waals surface area contributed by atoms with Gasteiger partial charge in [-0.1, -0.05) is 0 Å². The Morgan fingerprint density at radius 3 is 2.95 bits per heavy atom. The maximum Gasteiger partial charge on any atom is 0.268 e. The van der Waals surface area contributed by atoms with Crippen molar-refractivity contribution in [1.29, 1.82) is 0 Å². The summed E-state index contributed by atoms with van der Waals surface area (Å²) in [7, 11) is 1.67. The van der Waals surface area contributed by atoms with Crippen molar-refractivity contribution in [3.63, 3.8) is 0 Å². The standard InChI is InChI=1S/C13H20BrN3O2/c1-8(2)17-7-9(14)4-11(17)13(18)16-10-5-15-6-12(10)19-3/h4,7-8,10,12,15H,5-6H2,1-3H3,(H,16,18)/t10?,12-/m0/s1. The zero-order chi connectivity index (χ0) is 14.0. The van der Waals surface area contributed by atoms with Gasteiger partial charge in [0.15, 0.2) is 0 Å². The molecule has 1 aliphatic heterocycles. The molecule has 0 aromatic carbocycles. The molecule has 1 saturated heterocycles. The molecule has 1 amide bonds. The molecule has 0 bridgehead atoms. The van der Waals surface area contributed by atoms with Gasteiger partial charge >= 0.3 is 0 Å². The summed E-state index contributed by atoms with van der Waals surface area (Å²) in [5.41, 5.74) is 0.670. The summed E-state index contributed by atoms with van der Waals surface area (Å²) >= 11 is 3.42. The van der Waals surface area contributed by atoms with Gasteiger partial charge in [-0.05, 0) is 35.8 Å². The summed E-state index contributed by atoms with van der Waals surface area (Å²) in [6.45, 7) is 5.63. The highest BCUT2D eigenvalue weighted by atomic mass is 79.9. The molecular formula is C13H20BrN3O2. The number of hydrogen-bond acceptors (Lipinski definition) is 3. The SMILES string of the molecule is CO[C@H]1CNCC1NC(=O)c1cc(Br)cn1C(C)C. The van der Waals surface area contributed by atoms with E-state index in [0.717, 1.165) is 17.6 Å². The van der Waals surface area contributed by atoms with Crippen molar-refractivity contribution >= 4 is 21.8 Å². The average Bonchev–Trinajstić information content (AvgIpc) is 2.95. The molecule has 5 nitrogen and oxygen atoms in total. The van der Waals surface area contributed by atoms with E-state index in [4.69, 9.17) is 4.74 Å². The highest BCUT2D eigenvalue weighted by Crippen LogP contribution is 2.19. The number of carbonyl (C=O) groups is 1.